The van der Waals surface area contributed by atoms with Gasteiger partial charge in [-0.25, -0.2) is 4.98 Å². The highest BCUT2D eigenvalue weighted by Gasteiger charge is 2.08. The number of rotatable bonds is 2. The molecule has 0 aliphatic heterocycles. The van der Waals surface area contributed by atoms with Gasteiger partial charge in [0, 0.05) is 18.0 Å². The number of aromatic nitrogens is 2. The standard InChI is InChI=1S/C13H13N3O2/c1-8-3-4-10(5-12(8)17)16-13(18)11-7-14-9(2)6-15-11/h3-7,17H,1-2H3,(H,16,18). The molecule has 0 fully saturated rings. The number of benzene rings is 1. The molecular weight excluding hydrogens is 230 g/mol. The van der Waals surface area contributed by atoms with Gasteiger partial charge in [-0.05, 0) is 25.5 Å². The summed E-state index contributed by atoms with van der Waals surface area (Å²) in [6.45, 7) is 3.58. The van der Waals surface area contributed by atoms with Gasteiger partial charge >= 0.3 is 0 Å². The van der Waals surface area contributed by atoms with E-state index in [1.165, 1.54) is 18.5 Å². The number of nitrogens with one attached hydrogen (secondary N) is 1. The van der Waals surface area contributed by atoms with Crippen LogP contribution in [0.15, 0.2) is 30.6 Å². The maximum Gasteiger partial charge on any atom is 0.275 e. The minimum absolute atomic E-state index is 0.141. The van der Waals surface area contributed by atoms with Crippen molar-refractivity contribution >= 4 is 11.6 Å². The number of amides is 1. The lowest BCUT2D eigenvalue weighted by atomic mass is 10.2. The van der Waals surface area contributed by atoms with E-state index in [9.17, 15) is 9.90 Å². The van der Waals surface area contributed by atoms with Gasteiger partial charge in [0.1, 0.15) is 11.4 Å². The van der Waals surface area contributed by atoms with Crippen LogP contribution in [0.2, 0.25) is 0 Å². The van der Waals surface area contributed by atoms with E-state index in [0.29, 0.717) is 5.69 Å². The van der Waals surface area contributed by atoms with Crippen molar-refractivity contribution < 1.29 is 9.90 Å². The Morgan fingerprint density at radius 2 is 2.00 bits per heavy atom. The Labute approximate surface area is 105 Å². The molecule has 2 N–H and O–H groups in total. The predicted molar refractivity (Wildman–Crippen MR) is 67.6 cm³/mol. The Morgan fingerprint density at radius 1 is 1.22 bits per heavy atom. The largest absolute Gasteiger partial charge is 0.508 e. The highest BCUT2D eigenvalue weighted by Crippen LogP contribution is 2.21. The molecule has 0 aliphatic rings. The van der Waals surface area contributed by atoms with Crippen molar-refractivity contribution in [1.82, 2.24) is 9.97 Å². The molecule has 0 atom stereocenters. The number of aromatic hydroxyl groups is 1. The van der Waals surface area contributed by atoms with Gasteiger partial charge in [-0.1, -0.05) is 6.07 Å². The van der Waals surface area contributed by atoms with E-state index >= 15 is 0 Å². The van der Waals surface area contributed by atoms with Crippen LogP contribution in [0.25, 0.3) is 0 Å². The molecule has 1 aromatic carbocycles. The fourth-order valence-electron chi connectivity index (χ4n) is 1.39. The summed E-state index contributed by atoms with van der Waals surface area (Å²) in [5.41, 5.74) is 2.26. The van der Waals surface area contributed by atoms with E-state index in [4.69, 9.17) is 0 Å². The molecule has 0 saturated carbocycles. The molecule has 5 heteroatoms. The van der Waals surface area contributed by atoms with E-state index in [2.05, 4.69) is 15.3 Å². The fourth-order valence-corrected chi connectivity index (χ4v) is 1.39. The van der Waals surface area contributed by atoms with Crippen LogP contribution in [0, 0.1) is 13.8 Å². The molecule has 0 radical (unpaired) electrons. The van der Waals surface area contributed by atoms with Crippen molar-refractivity contribution in [1.29, 1.82) is 0 Å². The summed E-state index contributed by atoms with van der Waals surface area (Å²) in [6.07, 6.45) is 2.94. The second kappa shape index (κ2) is 4.83. The Morgan fingerprint density at radius 3 is 2.61 bits per heavy atom. The van der Waals surface area contributed by atoms with Gasteiger partial charge in [0.15, 0.2) is 0 Å². The van der Waals surface area contributed by atoms with E-state index in [1.54, 1.807) is 26.0 Å². The number of nitrogens with zero attached hydrogens (tertiary/aromatic N) is 2. The third-order valence-electron chi connectivity index (χ3n) is 2.48. The first kappa shape index (κ1) is 12.0. The molecule has 1 amide bonds. The Kier molecular flexibility index (Phi) is 3.23. The summed E-state index contributed by atoms with van der Waals surface area (Å²) in [4.78, 5) is 19.8. The third kappa shape index (κ3) is 2.63. The van der Waals surface area contributed by atoms with Crippen molar-refractivity contribution in [3.63, 3.8) is 0 Å². The number of hydrogen-bond acceptors (Lipinski definition) is 4. The minimum atomic E-state index is -0.356. The van der Waals surface area contributed by atoms with Crippen LogP contribution in [-0.2, 0) is 0 Å². The van der Waals surface area contributed by atoms with Gasteiger partial charge in [-0.2, -0.15) is 0 Å². The molecule has 92 valence electrons. The Balaban J connectivity index is 2.16. The quantitative estimate of drug-likeness (QED) is 0.846. The molecule has 18 heavy (non-hydrogen) atoms. The third-order valence-corrected chi connectivity index (χ3v) is 2.48. The number of phenolic OH excluding ortho intramolecular Hbond substituents is 1. The normalized spacial score (nSPS) is 10.1. The number of carbonyl (C=O) groups excluding carboxylic acids is 1. The van der Waals surface area contributed by atoms with Crippen LogP contribution in [-0.4, -0.2) is 21.0 Å². The summed E-state index contributed by atoms with van der Waals surface area (Å²) in [6, 6.07) is 4.94. The highest BCUT2D eigenvalue weighted by molar-refractivity contribution is 6.02. The summed E-state index contributed by atoms with van der Waals surface area (Å²) in [7, 11) is 0. The van der Waals surface area contributed by atoms with Crippen molar-refractivity contribution in [2.75, 3.05) is 5.32 Å². The lowest BCUT2D eigenvalue weighted by Gasteiger charge is -2.06. The van der Waals surface area contributed by atoms with E-state index < -0.39 is 0 Å². The van der Waals surface area contributed by atoms with Gasteiger partial charge in [-0.3, -0.25) is 9.78 Å². The number of aryl methyl sites for hydroxylation is 2. The zero-order valence-corrected chi connectivity index (χ0v) is 10.1. The van der Waals surface area contributed by atoms with Crippen molar-refractivity contribution in [2.45, 2.75) is 13.8 Å². The van der Waals surface area contributed by atoms with Crippen LogP contribution >= 0.6 is 0 Å². The smallest absolute Gasteiger partial charge is 0.275 e. The maximum absolute atomic E-state index is 11.8. The molecule has 0 bridgehead atoms. The molecule has 2 rings (SSSR count). The van der Waals surface area contributed by atoms with E-state index in [0.717, 1.165) is 11.3 Å². The van der Waals surface area contributed by atoms with Gasteiger partial charge in [-0.15, -0.1) is 0 Å². The number of phenols is 1. The van der Waals surface area contributed by atoms with E-state index in [-0.39, 0.29) is 17.4 Å². The second-order valence-electron chi connectivity index (χ2n) is 4.00. The van der Waals surface area contributed by atoms with Gasteiger partial charge in [0.2, 0.25) is 0 Å². The predicted octanol–water partition coefficient (Wildman–Crippen LogP) is 2.05. The lowest BCUT2D eigenvalue weighted by molar-refractivity contribution is 0.102. The van der Waals surface area contributed by atoms with Crippen molar-refractivity contribution in [3.05, 3.63) is 47.5 Å². The van der Waals surface area contributed by atoms with Crippen molar-refractivity contribution in [3.8, 4) is 5.75 Å². The van der Waals surface area contributed by atoms with Crippen molar-refractivity contribution in [2.24, 2.45) is 0 Å². The first-order valence-electron chi connectivity index (χ1n) is 5.46. The first-order valence-corrected chi connectivity index (χ1v) is 5.46. The topological polar surface area (TPSA) is 75.1 Å². The zero-order valence-electron chi connectivity index (χ0n) is 10.1. The molecule has 1 heterocycles. The first-order chi connectivity index (χ1) is 8.56. The van der Waals surface area contributed by atoms with Crippen LogP contribution in [0.4, 0.5) is 5.69 Å². The maximum atomic E-state index is 11.8. The minimum Gasteiger partial charge on any atom is -0.508 e. The van der Waals surface area contributed by atoms with Crippen LogP contribution in [0.1, 0.15) is 21.7 Å². The molecule has 2 aromatic rings. The Hall–Kier alpha value is -2.43. The van der Waals surface area contributed by atoms with Gasteiger partial charge in [0.05, 0.1) is 11.9 Å². The average Bonchev–Trinajstić information content (AvgIpc) is 2.34. The monoisotopic (exact) mass is 243 g/mol. The summed E-state index contributed by atoms with van der Waals surface area (Å²) >= 11 is 0. The molecular formula is C13H13N3O2. The molecule has 1 aromatic heterocycles. The second-order valence-corrected chi connectivity index (χ2v) is 4.00. The van der Waals surface area contributed by atoms with Crippen LogP contribution in [0.5, 0.6) is 5.75 Å². The van der Waals surface area contributed by atoms with Crippen LogP contribution in [0.3, 0.4) is 0 Å². The summed E-state index contributed by atoms with van der Waals surface area (Å²) < 4.78 is 0. The number of hydrogen-bond donors (Lipinski definition) is 2. The average molecular weight is 243 g/mol. The number of anilines is 1. The van der Waals surface area contributed by atoms with E-state index in [1.807, 2.05) is 0 Å². The van der Waals surface area contributed by atoms with Crippen LogP contribution < -0.4 is 5.32 Å². The molecule has 0 spiro atoms. The fraction of sp³-hybridized carbons (Fsp3) is 0.154. The molecule has 0 aliphatic carbocycles. The zero-order chi connectivity index (χ0) is 13.1. The SMILES string of the molecule is Cc1cnc(C(=O)Nc2ccc(C)c(O)c2)cn1. The highest BCUT2D eigenvalue weighted by atomic mass is 16.3. The van der Waals surface area contributed by atoms with Gasteiger partial charge < -0.3 is 10.4 Å². The molecule has 0 unspecified atom stereocenters. The number of carbonyl (C=O) groups is 1. The van der Waals surface area contributed by atoms with Gasteiger partial charge in [0.25, 0.3) is 5.91 Å². The summed E-state index contributed by atoms with van der Waals surface area (Å²) in [5, 5.41) is 12.2. The summed E-state index contributed by atoms with van der Waals surface area (Å²) in [5.74, 6) is -0.214. The Bertz CT molecular complexity index is 579. The lowest BCUT2D eigenvalue weighted by Crippen LogP contribution is -2.14. The molecule has 5 nitrogen and oxygen atoms in total. The molecule has 0 saturated heterocycles.